The van der Waals surface area contributed by atoms with E-state index in [2.05, 4.69) is 4.98 Å². The number of phenols is 5. The Morgan fingerprint density at radius 1 is 0.648 bits per heavy atom. The molecule has 54 heavy (non-hydrogen) atoms. The molecule has 0 bridgehead atoms. The van der Waals surface area contributed by atoms with E-state index < -0.39 is 16.2 Å². The van der Waals surface area contributed by atoms with E-state index in [1.54, 1.807) is 59.2 Å². The second-order valence-corrected chi connectivity index (χ2v) is 13.8. The standard InChI is InChI=1S/C41H30N2O10S/c44-26-12-4-22(5-13-26)20-21-43-38-33(24-8-16-28(46)17-9-24)41(49)37-34(30-2-1-3-31(36(30)42-37)53-54(50,51)52)35(38)32(23-6-14-27(45)15-7-23)39(43)40(48)25-10-18-29(47)19-11-25/h1-19,42,44-47,49H,20-21H2,(H,50,51,52). The van der Waals surface area contributed by atoms with Gasteiger partial charge in [0, 0.05) is 33.8 Å². The number of aryl methyl sites for hydroxylation is 2. The summed E-state index contributed by atoms with van der Waals surface area (Å²) in [7, 11) is -4.97. The molecule has 0 aliphatic heterocycles. The molecular formula is C41H30N2O10S. The van der Waals surface area contributed by atoms with Crippen molar-refractivity contribution in [2.24, 2.45) is 0 Å². The summed E-state index contributed by atoms with van der Waals surface area (Å²) in [6.07, 6.45) is 0.364. The number of ketones is 1. The maximum absolute atomic E-state index is 15.0. The Bertz CT molecular complexity index is 2860. The van der Waals surface area contributed by atoms with Gasteiger partial charge >= 0.3 is 10.4 Å². The third-order valence-corrected chi connectivity index (χ3v) is 9.82. The number of benzene rings is 6. The Balaban J connectivity index is 1.60. The van der Waals surface area contributed by atoms with Crippen LogP contribution >= 0.6 is 0 Å². The van der Waals surface area contributed by atoms with Crippen molar-refractivity contribution in [3.8, 4) is 56.8 Å². The smallest absolute Gasteiger partial charge is 0.446 e. The van der Waals surface area contributed by atoms with E-state index in [-0.39, 0.29) is 68.9 Å². The minimum Gasteiger partial charge on any atom is -0.508 e. The van der Waals surface area contributed by atoms with Crippen molar-refractivity contribution < 1.29 is 47.5 Å². The lowest BCUT2D eigenvalue weighted by molar-refractivity contribution is 0.103. The molecule has 8 aromatic rings. The van der Waals surface area contributed by atoms with Crippen molar-refractivity contribution in [2.75, 3.05) is 0 Å². The first kappa shape index (κ1) is 34.1. The molecule has 0 saturated heterocycles. The van der Waals surface area contributed by atoms with Crippen molar-refractivity contribution in [1.82, 2.24) is 9.55 Å². The quantitative estimate of drug-likeness (QED) is 0.0565. The Kier molecular flexibility index (Phi) is 8.17. The van der Waals surface area contributed by atoms with Gasteiger partial charge in [-0.2, -0.15) is 8.42 Å². The van der Waals surface area contributed by atoms with Crippen molar-refractivity contribution in [3.63, 3.8) is 0 Å². The van der Waals surface area contributed by atoms with Gasteiger partial charge in [-0.05, 0) is 89.8 Å². The van der Waals surface area contributed by atoms with E-state index in [9.17, 15) is 43.3 Å². The van der Waals surface area contributed by atoms with Crippen LogP contribution in [0.5, 0.6) is 34.5 Å². The number of hydrogen-bond donors (Lipinski definition) is 7. The maximum atomic E-state index is 15.0. The molecule has 2 aromatic heterocycles. The summed E-state index contributed by atoms with van der Waals surface area (Å²) in [5.41, 5.74) is 3.66. The Morgan fingerprint density at radius 2 is 1.19 bits per heavy atom. The highest BCUT2D eigenvalue weighted by atomic mass is 32.3. The number of fused-ring (bicyclic) bond motifs is 5. The summed E-state index contributed by atoms with van der Waals surface area (Å²) >= 11 is 0. The Labute approximate surface area is 307 Å². The third kappa shape index (κ3) is 5.96. The molecule has 270 valence electrons. The highest BCUT2D eigenvalue weighted by Gasteiger charge is 2.32. The predicted molar refractivity (Wildman–Crippen MR) is 203 cm³/mol. The average molecular weight is 743 g/mol. The number of carbonyl (C=O) groups is 1. The first-order valence-corrected chi connectivity index (χ1v) is 18.0. The van der Waals surface area contributed by atoms with Crippen LogP contribution in [-0.2, 0) is 23.4 Å². The van der Waals surface area contributed by atoms with Crippen LogP contribution in [0.25, 0.3) is 55.0 Å². The van der Waals surface area contributed by atoms with Crippen molar-refractivity contribution in [1.29, 1.82) is 0 Å². The molecule has 0 spiro atoms. The molecule has 7 N–H and O–H groups in total. The molecule has 2 heterocycles. The van der Waals surface area contributed by atoms with Crippen molar-refractivity contribution >= 4 is 48.9 Å². The Morgan fingerprint density at radius 3 is 1.76 bits per heavy atom. The monoisotopic (exact) mass is 742 g/mol. The highest BCUT2D eigenvalue weighted by molar-refractivity contribution is 7.81. The van der Waals surface area contributed by atoms with Crippen LogP contribution in [0, 0.1) is 0 Å². The molecule has 0 saturated carbocycles. The number of aromatic hydroxyl groups is 5. The second kappa shape index (κ2) is 12.9. The number of rotatable bonds is 9. The molecule has 13 heteroatoms. The number of carbonyl (C=O) groups excluding carboxylic acids is 1. The zero-order chi connectivity index (χ0) is 37.9. The topological polar surface area (TPSA) is 203 Å². The minimum atomic E-state index is -4.97. The first-order chi connectivity index (χ1) is 25.9. The summed E-state index contributed by atoms with van der Waals surface area (Å²) in [6.45, 7) is 0.175. The number of phenolic OH excluding ortho intramolecular Hbond substituents is 5. The molecule has 12 nitrogen and oxygen atoms in total. The minimum absolute atomic E-state index is 0.0205. The maximum Gasteiger partial charge on any atom is 0.446 e. The largest absolute Gasteiger partial charge is 0.508 e. The Hall–Kier alpha value is -6.96. The van der Waals surface area contributed by atoms with E-state index in [0.29, 0.717) is 44.8 Å². The van der Waals surface area contributed by atoms with Crippen molar-refractivity contribution in [3.05, 3.63) is 132 Å². The molecule has 0 unspecified atom stereocenters. The number of para-hydroxylation sites is 1. The van der Waals surface area contributed by atoms with Gasteiger partial charge in [0.15, 0.2) is 5.75 Å². The van der Waals surface area contributed by atoms with Crippen LogP contribution in [0.3, 0.4) is 0 Å². The molecule has 0 amide bonds. The average Bonchev–Trinajstić information content (AvgIpc) is 3.69. The van der Waals surface area contributed by atoms with E-state index in [4.69, 9.17) is 4.18 Å². The van der Waals surface area contributed by atoms with Gasteiger partial charge in [0.2, 0.25) is 5.78 Å². The fourth-order valence-corrected chi connectivity index (χ4v) is 7.46. The highest BCUT2D eigenvalue weighted by Crippen LogP contribution is 2.52. The number of H-pyrrole nitrogens is 1. The lowest BCUT2D eigenvalue weighted by Gasteiger charge is -2.16. The molecule has 0 radical (unpaired) electrons. The zero-order valence-electron chi connectivity index (χ0n) is 28.1. The van der Waals surface area contributed by atoms with Crippen LogP contribution in [-0.4, -0.2) is 53.8 Å². The molecular weight excluding hydrogens is 713 g/mol. The lowest BCUT2D eigenvalue weighted by atomic mass is 9.92. The van der Waals surface area contributed by atoms with Crippen LogP contribution in [0.4, 0.5) is 0 Å². The second-order valence-electron chi connectivity index (χ2n) is 12.8. The van der Waals surface area contributed by atoms with Gasteiger partial charge in [0.25, 0.3) is 0 Å². The van der Waals surface area contributed by atoms with Crippen LogP contribution in [0.15, 0.2) is 115 Å². The van der Waals surface area contributed by atoms with E-state index in [1.165, 1.54) is 60.7 Å². The van der Waals surface area contributed by atoms with Gasteiger partial charge in [0.1, 0.15) is 28.7 Å². The summed E-state index contributed by atoms with van der Waals surface area (Å²) in [4.78, 5) is 18.1. The van der Waals surface area contributed by atoms with Crippen LogP contribution in [0.2, 0.25) is 0 Å². The molecule has 0 aliphatic rings. The van der Waals surface area contributed by atoms with Gasteiger partial charge < -0.3 is 39.3 Å². The SMILES string of the molecule is O=C(c1ccc(O)cc1)c1c(-c2ccc(O)cc2)c2c3c([nH]c4c(OS(=O)(=O)O)cccc43)c(O)c(-c3ccc(O)cc3)c2n1CCc1ccc(O)cc1. The first-order valence-electron chi connectivity index (χ1n) is 16.6. The third-order valence-electron chi connectivity index (χ3n) is 9.43. The molecule has 6 aromatic carbocycles. The normalized spacial score (nSPS) is 11.8. The number of aromatic amines is 1. The summed E-state index contributed by atoms with van der Waals surface area (Å²) in [5.74, 6) is -0.941. The van der Waals surface area contributed by atoms with Crippen molar-refractivity contribution in [2.45, 2.75) is 13.0 Å². The van der Waals surface area contributed by atoms with Gasteiger partial charge in [-0.1, -0.05) is 48.5 Å². The number of nitrogens with zero attached hydrogens (tertiary/aromatic N) is 1. The summed E-state index contributed by atoms with van der Waals surface area (Å²) in [6, 6.07) is 29.4. The van der Waals surface area contributed by atoms with Crippen LogP contribution < -0.4 is 4.18 Å². The fraction of sp³-hybridized carbons (Fsp3) is 0.0488. The number of aromatic nitrogens is 2. The van der Waals surface area contributed by atoms with E-state index in [0.717, 1.165) is 5.56 Å². The molecule has 8 rings (SSSR count). The fourth-order valence-electron chi connectivity index (χ4n) is 7.09. The number of hydrogen-bond acceptors (Lipinski definition) is 9. The van der Waals surface area contributed by atoms with Crippen LogP contribution in [0.1, 0.15) is 21.6 Å². The molecule has 0 fully saturated rings. The molecule has 0 aliphatic carbocycles. The van der Waals surface area contributed by atoms with Gasteiger partial charge in [-0.3, -0.25) is 9.35 Å². The van der Waals surface area contributed by atoms with Gasteiger partial charge in [-0.15, -0.1) is 0 Å². The number of nitrogens with one attached hydrogen (secondary N) is 1. The molecule has 0 atom stereocenters. The lowest BCUT2D eigenvalue weighted by Crippen LogP contribution is -2.13. The van der Waals surface area contributed by atoms with E-state index >= 15 is 0 Å². The predicted octanol–water partition coefficient (Wildman–Crippen LogP) is 7.79. The van der Waals surface area contributed by atoms with Gasteiger partial charge in [0.05, 0.1) is 27.8 Å². The van der Waals surface area contributed by atoms with Gasteiger partial charge in [-0.25, -0.2) is 0 Å². The summed E-state index contributed by atoms with van der Waals surface area (Å²) < 4.78 is 40.2. The van der Waals surface area contributed by atoms with E-state index in [1.807, 2.05) is 0 Å². The zero-order valence-corrected chi connectivity index (χ0v) is 28.9. The summed E-state index contributed by atoms with van der Waals surface area (Å²) in [5, 5.41) is 54.2.